The number of hydrogen-bond donors (Lipinski definition) is 1. The number of rotatable bonds is 4. The number of methoxy groups -OCH3 is 1. The van der Waals surface area contributed by atoms with Crippen LogP contribution in [0.1, 0.15) is 20.8 Å². The third kappa shape index (κ3) is 4.11. The summed E-state index contributed by atoms with van der Waals surface area (Å²) in [4.78, 5) is 22.2. The number of esters is 1. The van der Waals surface area contributed by atoms with E-state index < -0.39 is 18.1 Å². The van der Waals surface area contributed by atoms with Crippen LogP contribution in [0.2, 0.25) is 0 Å². The van der Waals surface area contributed by atoms with E-state index in [0.717, 1.165) is 0 Å². The van der Waals surface area contributed by atoms with E-state index in [4.69, 9.17) is 0 Å². The van der Waals surface area contributed by atoms with Crippen LogP contribution >= 0.6 is 0 Å². The van der Waals surface area contributed by atoms with Crippen molar-refractivity contribution in [3.05, 3.63) is 0 Å². The van der Waals surface area contributed by atoms with Crippen molar-refractivity contribution in [1.82, 2.24) is 5.32 Å². The smallest absolute Gasteiger partial charge is 0.407 e. The molecule has 1 amide bonds. The molecule has 0 saturated heterocycles. The summed E-state index contributed by atoms with van der Waals surface area (Å²) in [6, 6.07) is -0.654. The summed E-state index contributed by atoms with van der Waals surface area (Å²) >= 11 is 0. The third-order valence-corrected chi connectivity index (χ3v) is 1.67. The molecular weight excluding hydrogens is 186 g/mol. The van der Waals surface area contributed by atoms with E-state index in [9.17, 15) is 9.59 Å². The molecule has 0 saturated carbocycles. The van der Waals surface area contributed by atoms with Crippen molar-refractivity contribution in [2.24, 2.45) is 5.92 Å². The second kappa shape index (κ2) is 6.23. The topological polar surface area (TPSA) is 64.6 Å². The molecule has 0 aliphatic rings. The Morgan fingerprint density at radius 2 is 1.93 bits per heavy atom. The zero-order valence-corrected chi connectivity index (χ0v) is 8.99. The highest BCUT2D eigenvalue weighted by Crippen LogP contribution is 2.03. The van der Waals surface area contributed by atoms with Gasteiger partial charge in [0.15, 0.2) is 0 Å². The van der Waals surface area contributed by atoms with Crippen LogP contribution in [0, 0.1) is 5.92 Å². The maximum Gasteiger partial charge on any atom is 0.407 e. The van der Waals surface area contributed by atoms with E-state index in [-0.39, 0.29) is 12.5 Å². The normalized spacial score (nSPS) is 12.1. The van der Waals surface area contributed by atoms with Gasteiger partial charge in [0.05, 0.1) is 13.7 Å². The monoisotopic (exact) mass is 203 g/mol. The summed E-state index contributed by atoms with van der Waals surface area (Å²) in [5, 5.41) is 2.43. The Morgan fingerprint density at radius 3 is 2.29 bits per heavy atom. The minimum absolute atomic E-state index is 0.0353. The van der Waals surface area contributed by atoms with Crippen LogP contribution in [0.15, 0.2) is 0 Å². The molecule has 1 N–H and O–H groups in total. The van der Waals surface area contributed by atoms with Crippen molar-refractivity contribution in [3.63, 3.8) is 0 Å². The Kier molecular flexibility index (Phi) is 5.67. The quantitative estimate of drug-likeness (QED) is 0.690. The van der Waals surface area contributed by atoms with E-state index in [2.05, 4.69) is 14.8 Å². The predicted octanol–water partition coefficient (Wildman–Crippen LogP) is 0.930. The first-order chi connectivity index (χ1) is 6.52. The lowest BCUT2D eigenvalue weighted by atomic mass is 10.1. The summed E-state index contributed by atoms with van der Waals surface area (Å²) in [7, 11) is 1.28. The Morgan fingerprint density at radius 1 is 1.36 bits per heavy atom. The molecule has 0 aliphatic carbocycles. The molecule has 0 heterocycles. The van der Waals surface area contributed by atoms with Crippen LogP contribution < -0.4 is 5.32 Å². The molecule has 0 aromatic carbocycles. The Bertz CT molecular complexity index is 203. The summed E-state index contributed by atoms with van der Waals surface area (Å²) < 4.78 is 9.20. The zero-order valence-electron chi connectivity index (χ0n) is 8.99. The van der Waals surface area contributed by atoms with E-state index in [1.165, 1.54) is 7.11 Å². The third-order valence-electron chi connectivity index (χ3n) is 1.67. The van der Waals surface area contributed by atoms with E-state index in [0.29, 0.717) is 0 Å². The molecule has 82 valence electrons. The molecule has 14 heavy (non-hydrogen) atoms. The van der Waals surface area contributed by atoms with E-state index in [1.54, 1.807) is 6.92 Å². The molecular formula is C9H17NO4. The van der Waals surface area contributed by atoms with Crippen molar-refractivity contribution >= 4 is 12.1 Å². The van der Waals surface area contributed by atoms with Crippen molar-refractivity contribution in [1.29, 1.82) is 0 Å². The number of nitrogens with one attached hydrogen (secondary N) is 1. The fourth-order valence-electron chi connectivity index (χ4n) is 0.924. The van der Waals surface area contributed by atoms with Gasteiger partial charge < -0.3 is 14.8 Å². The van der Waals surface area contributed by atoms with Crippen molar-refractivity contribution in [3.8, 4) is 0 Å². The maximum atomic E-state index is 11.2. The first-order valence-corrected chi connectivity index (χ1v) is 4.54. The van der Waals surface area contributed by atoms with E-state index >= 15 is 0 Å². The minimum atomic E-state index is -0.654. The number of hydrogen-bond acceptors (Lipinski definition) is 4. The maximum absolute atomic E-state index is 11.2. The van der Waals surface area contributed by atoms with Gasteiger partial charge in [0, 0.05) is 0 Å². The van der Waals surface area contributed by atoms with Crippen molar-refractivity contribution in [2.75, 3.05) is 13.7 Å². The predicted molar refractivity (Wildman–Crippen MR) is 50.8 cm³/mol. The van der Waals surface area contributed by atoms with Crippen molar-refractivity contribution in [2.45, 2.75) is 26.8 Å². The summed E-state index contributed by atoms with van der Waals surface area (Å²) in [6.07, 6.45) is -0.600. The number of carbonyl (C=O) groups excluding carboxylic acids is 2. The molecule has 5 heteroatoms. The molecule has 0 aromatic heterocycles. The molecule has 0 bridgehead atoms. The number of carbonyl (C=O) groups is 2. The van der Waals surface area contributed by atoms with Gasteiger partial charge in [0.1, 0.15) is 6.04 Å². The van der Waals surface area contributed by atoms with Crippen LogP contribution in [-0.2, 0) is 14.3 Å². The van der Waals surface area contributed by atoms with Crippen molar-refractivity contribution < 1.29 is 19.1 Å². The van der Waals surface area contributed by atoms with Gasteiger partial charge in [-0.15, -0.1) is 0 Å². The van der Waals surface area contributed by atoms with Crippen LogP contribution in [0.3, 0.4) is 0 Å². The molecule has 0 unspecified atom stereocenters. The molecule has 0 aliphatic heterocycles. The first-order valence-electron chi connectivity index (χ1n) is 4.54. The molecule has 0 aromatic rings. The number of alkyl carbamates (subject to hydrolysis) is 1. The van der Waals surface area contributed by atoms with Gasteiger partial charge >= 0.3 is 12.1 Å². The SMILES string of the molecule is CCOC(=O)N[C@H](C(=O)OC)C(C)C. The number of ether oxygens (including phenoxy) is 2. The van der Waals surface area contributed by atoms with Crippen LogP contribution in [0.5, 0.6) is 0 Å². The Balaban J connectivity index is 4.23. The first kappa shape index (κ1) is 12.7. The van der Waals surface area contributed by atoms with Gasteiger partial charge in [-0.1, -0.05) is 13.8 Å². The lowest BCUT2D eigenvalue weighted by Crippen LogP contribution is -2.45. The highest BCUT2D eigenvalue weighted by molar-refractivity contribution is 5.81. The Hall–Kier alpha value is -1.26. The van der Waals surface area contributed by atoms with Gasteiger partial charge in [0.25, 0.3) is 0 Å². The fourth-order valence-corrected chi connectivity index (χ4v) is 0.924. The summed E-state index contributed by atoms with van der Waals surface area (Å²) in [5.41, 5.74) is 0. The second-order valence-corrected chi connectivity index (χ2v) is 3.11. The van der Waals surface area contributed by atoms with Gasteiger partial charge in [-0.05, 0) is 12.8 Å². The highest BCUT2D eigenvalue weighted by atomic mass is 16.6. The highest BCUT2D eigenvalue weighted by Gasteiger charge is 2.25. The van der Waals surface area contributed by atoms with Gasteiger partial charge in [-0.2, -0.15) is 0 Å². The number of amides is 1. The summed E-state index contributed by atoms with van der Waals surface area (Å²) in [6.45, 7) is 5.60. The van der Waals surface area contributed by atoms with Crippen LogP contribution in [0.25, 0.3) is 0 Å². The van der Waals surface area contributed by atoms with Gasteiger partial charge in [-0.25, -0.2) is 9.59 Å². The average Bonchev–Trinajstić information content (AvgIpc) is 2.13. The molecule has 1 atom stereocenters. The van der Waals surface area contributed by atoms with Gasteiger partial charge in [0.2, 0.25) is 0 Å². The largest absolute Gasteiger partial charge is 0.467 e. The van der Waals surface area contributed by atoms with Gasteiger partial charge in [-0.3, -0.25) is 0 Å². The second-order valence-electron chi connectivity index (χ2n) is 3.11. The molecule has 0 rings (SSSR count). The lowest BCUT2D eigenvalue weighted by Gasteiger charge is -2.19. The lowest BCUT2D eigenvalue weighted by molar-refractivity contribution is -0.144. The average molecular weight is 203 g/mol. The molecule has 0 spiro atoms. The van der Waals surface area contributed by atoms with Crippen LogP contribution in [-0.4, -0.2) is 31.8 Å². The molecule has 0 radical (unpaired) electrons. The fraction of sp³-hybridized carbons (Fsp3) is 0.778. The molecule has 5 nitrogen and oxygen atoms in total. The zero-order chi connectivity index (χ0) is 11.1. The Labute approximate surface area is 83.8 Å². The molecule has 0 fully saturated rings. The standard InChI is InChI=1S/C9H17NO4/c1-5-14-9(12)10-7(6(2)3)8(11)13-4/h6-7H,5H2,1-4H3,(H,10,12)/t7-/m0/s1. The minimum Gasteiger partial charge on any atom is -0.467 e. The van der Waals surface area contributed by atoms with Crippen LogP contribution in [0.4, 0.5) is 4.79 Å². The summed E-state index contributed by atoms with van der Waals surface area (Å²) in [5.74, 6) is -0.500. The van der Waals surface area contributed by atoms with E-state index in [1.807, 2.05) is 13.8 Å².